The van der Waals surface area contributed by atoms with Crippen LogP contribution in [0.25, 0.3) is 0 Å². The smallest absolute Gasteiger partial charge is 0.00179 e. The third-order valence-corrected chi connectivity index (χ3v) is 4.92. The van der Waals surface area contributed by atoms with Gasteiger partial charge < -0.3 is 16.0 Å². The lowest BCUT2D eigenvalue weighted by atomic mass is 9.72. The largest absolute Gasteiger partial charge is 0.317 e. The number of rotatable bonds is 14. The SMILES string of the molecule is C.CCCCCNCC.CCNCCCCNCC1CCC1CC. The van der Waals surface area contributed by atoms with Crippen LogP contribution in [0.3, 0.4) is 0 Å². The van der Waals surface area contributed by atoms with Crippen LogP contribution in [0.1, 0.15) is 86.5 Å². The molecular formula is C21H49N3. The molecule has 0 aliphatic heterocycles. The molecular weight excluding hydrogens is 294 g/mol. The summed E-state index contributed by atoms with van der Waals surface area (Å²) < 4.78 is 0. The number of nitrogens with one attached hydrogen (secondary N) is 3. The van der Waals surface area contributed by atoms with E-state index in [1.807, 2.05) is 0 Å². The molecule has 0 heterocycles. The summed E-state index contributed by atoms with van der Waals surface area (Å²) in [5, 5.41) is 10.2. The fourth-order valence-corrected chi connectivity index (χ4v) is 3.09. The van der Waals surface area contributed by atoms with E-state index in [0.717, 1.165) is 24.9 Å². The Morgan fingerprint density at radius 2 is 1.17 bits per heavy atom. The van der Waals surface area contributed by atoms with Crippen LogP contribution in [0.5, 0.6) is 0 Å². The van der Waals surface area contributed by atoms with Crippen LogP contribution in [-0.4, -0.2) is 39.3 Å². The van der Waals surface area contributed by atoms with Crippen LogP contribution in [0.2, 0.25) is 0 Å². The van der Waals surface area contributed by atoms with Crippen LogP contribution in [0.4, 0.5) is 0 Å². The lowest BCUT2D eigenvalue weighted by Gasteiger charge is -2.36. The van der Waals surface area contributed by atoms with Crippen molar-refractivity contribution in [2.75, 3.05) is 39.3 Å². The Kier molecular flexibility index (Phi) is 22.8. The van der Waals surface area contributed by atoms with Crippen LogP contribution >= 0.6 is 0 Å². The molecule has 0 aromatic rings. The van der Waals surface area contributed by atoms with E-state index < -0.39 is 0 Å². The summed E-state index contributed by atoms with van der Waals surface area (Å²) >= 11 is 0. The van der Waals surface area contributed by atoms with Crippen LogP contribution in [0, 0.1) is 11.8 Å². The van der Waals surface area contributed by atoms with Gasteiger partial charge in [0.25, 0.3) is 0 Å². The van der Waals surface area contributed by atoms with E-state index in [0.29, 0.717) is 0 Å². The molecule has 0 amide bonds. The second kappa shape index (κ2) is 20.9. The van der Waals surface area contributed by atoms with E-state index in [1.165, 1.54) is 77.5 Å². The molecule has 1 aliphatic carbocycles. The average molecular weight is 344 g/mol. The van der Waals surface area contributed by atoms with E-state index in [-0.39, 0.29) is 7.43 Å². The predicted octanol–water partition coefficient (Wildman–Crippen LogP) is 4.82. The van der Waals surface area contributed by atoms with Gasteiger partial charge in [-0.05, 0) is 83.2 Å². The van der Waals surface area contributed by atoms with Crippen molar-refractivity contribution in [2.24, 2.45) is 11.8 Å². The zero-order chi connectivity index (χ0) is 17.2. The summed E-state index contributed by atoms with van der Waals surface area (Å²) in [6.07, 6.45) is 11.0. The first kappa shape index (κ1) is 26.1. The Balaban J connectivity index is 0. The molecule has 24 heavy (non-hydrogen) atoms. The minimum atomic E-state index is 0. The summed E-state index contributed by atoms with van der Waals surface area (Å²) in [7, 11) is 0. The maximum Gasteiger partial charge on any atom is -0.00179 e. The topological polar surface area (TPSA) is 36.1 Å². The maximum atomic E-state index is 3.60. The summed E-state index contributed by atoms with van der Waals surface area (Å²) in [6, 6.07) is 0. The van der Waals surface area contributed by atoms with Crippen molar-refractivity contribution >= 4 is 0 Å². The molecule has 148 valence electrons. The van der Waals surface area contributed by atoms with Crippen molar-refractivity contribution in [3.63, 3.8) is 0 Å². The van der Waals surface area contributed by atoms with Gasteiger partial charge in [0.1, 0.15) is 0 Å². The van der Waals surface area contributed by atoms with Crippen molar-refractivity contribution < 1.29 is 0 Å². The van der Waals surface area contributed by atoms with Gasteiger partial charge in [-0.3, -0.25) is 0 Å². The highest BCUT2D eigenvalue weighted by Gasteiger charge is 2.28. The minimum Gasteiger partial charge on any atom is -0.317 e. The third kappa shape index (κ3) is 15.4. The van der Waals surface area contributed by atoms with Gasteiger partial charge in [0.05, 0.1) is 0 Å². The fraction of sp³-hybridized carbons (Fsp3) is 1.00. The molecule has 2 atom stereocenters. The monoisotopic (exact) mass is 343 g/mol. The highest BCUT2D eigenvalue weighted by atomic mass is 14.9. The van der Waals surface area contributed by atoms with Gasteiger partial charge in [-0.25, -0.2) is 0 Å². The van der Waals surface area contributed by atoms with Gasteiger partial charge in [0.2, 0.25) is 0 Å². The molecule has 0 aromatic heterocycles. The maximum absolute atomic E-state index is 3.60. The highest BCUT2D eigenvalue weighted by Crippen LogP contribution is 2.35. The zero-order valence-corrected chi connectivity index (χ0v) is 16.6. The molecule has 1 aliphatic rings. The van der Waals surface area contributed by atoms with Crippen molar-refractivity contribution in [3.05, 3.63) is 0 Å². The van der Waals surface area contributed by atoms with E-state index in [2.05, 4.69) is 43.6 Å². The van der Waals surface area contributed by atoms with Gasteiger partial charge in [-0.2, -0.15) is 0 Å². The molecule has 0 aromatic carbocycles. The number of unbranched alkanes of at least 4 members (excludes halogenated alkanes) is 3. The molecule has 0 radical (unpaired) electrons. The predicted molar refractivity (Wildman–Crippen MR) is 112 cm³/mol. The summed E-state index contributed by atoms with van der Waals surface area (Å²) in [5.74, 6) is 2.02. The molecule has 0 saturated heterocycles. The minimum absolute atomic E-state index is 0. The normalized spacial score (nSPS) is 19.0. The van der Waals surface area contributed by atoms with Crippen LogP contribution in [0.15, 0.2) is 0 Å². The third-order valence-electron chi connectivity index (χ3n) is 4.92. The molecule has 1 saturated carbocycles. The van der Waals surface area contributed by atoms with Gasteiger partial charge in [0, 0.05) is 0 Å². The Morgan fingerprint density at radius 3 is 1.58 bits per heavy atom. The highest BCUT2D eigenvalue weighted by molar-refractivity contribution is 4.81. The number of hydrogen-bond acceptors (Lipinski definition) is 3. The van der Waals surface area contributed by atoms with Crippen molar-refractivity contribution in [3.8, 4) is 0 Å². The summed E-state index contributed by atoms with van der Waals surface area (Å²) in [5.41, 5.74) is 0. The van der Waals surface area contributed by atoms with Gasteiger partial charge >= 0.3 is 0 Å². The zero-order valence-electron chi connectivity index (χ0n) is 16.6. The first-order valence-corrected chi connectivity index (χ1v) is 10.4. The Labute approximate surface area is 154 Å². The molecule has 3 N–H and O–H groups in total. The molecule has 1 fully saturated rings. The summed E-state index contributed by atoms with van der Waals surface area (Å²) in [6.45, 7) is 15.9. The van der Waals surface area contributed by atoms with Crippen molar-refractivity contribution in [2.45, 2.75) is 86.5 Å². The molecule has 0 spiro atoms. The fourth-order valence-electron chi connectivity index (χ4n) is 3.09. The standard InChI is InChI=1S/C13H28N2.C7H17N.CH4/c1-3-12-7-8-13(12)11-15-10-6-5-9-14-4-2;1-3-5-6-7-8-4-2;/h12-15H,3-11H2,1-2H3;8H,3-7H2,1-2H3;1H4. The molecule has 2 unspecified atom stereocenters. The summed E-state index contributed by atoms with van der Waals surface area (Å²) in [4.78, 5) is 0. The van der Waals surface area contributed by atoms with E-state index in [1.54, 1.807) is 0 Å². The molecule has 0 bridgehead atoms. The van der Waals surface area contributed by atoms with E-state index >= 15 is 0 Å². The van der Waals surface area contributed by atoms with Gasteiger partial charge in [0.15, 0.2) is 0 Å². The van der Waals surface area contributed by atoms with Crippen molar-refractivity contribution in [1.29, 1.82) is 0 Å². The van der Waals surface area contributed by atoms with Crippen LogP contribution in [-0.2, 0) is 0 Å². The van der Waals surface area contributed by atoms with Gasteiger partial charge in [-0.15, -0.1) is 0 Å². The van der Waals surface area contributed by atoms with Crippen molar-refractivity contribution in [1.82, 2.24) is 16.0 Å². The molecule has 1 rings (SSSR count). The molecule has 3 heteroatoms. The average Bonchev–Trinajstić information content (AvgIpc) is 2.54. The second-order valence-corrected chi connectivity index (χ2v) is 6.83. The number of hydrogen-bond donors (Lipinski definition) is 3. The van der Waals surface area contributed by atoms with Crippen LogP contribution < -0.4 is 16.0 Å². The first-order chi connectivity index (χ1) is 11.3. The molecule has 3 nitrogen and oxygen atoms in total. The lowest BCUT2D eigenvalue weighted by Crippen LogP contribution is -2.35. The Bertz CT molecular complexity index is 213. The van der Waals surface area contributed by atoms with Gasteiger partial charge in [-0.1, -0.05) is 54.4 Å². The quantitative estimate of drug-likeness (QED) is 0.396. The van der Waals surface area contributed by atoms with E-state index in [4.69, 9.17) is 0 Å². The second-order valence-electron chi connectivity index (χ2n) is 6.83. The first-order valence-electron chi connectivity index (χ1n) is 10.4. The lowest BCUT2D eigenvalue weighted by molar-refractivity contribution is 0.166. The Hall–Kier alpha value is -0.120. The Morgan fingerprint density at radius 1 is 0.667 bits per heavy atom. The van der Waals surface area contributed by atoms with E-state index in [9.17, 15) is 0 Å².